The fourth-order valence-electron chi connectivity index (χ4n) is 7.10. The molecule has 3 aromatic rings. The average Bonchev–Trinajstić information content (AvgIpc) is 3.43. The standard InChI is InChI=1S/C26H22/c1-2-6-17-13-25-21(12-16(17)5-1)20-7-3-4-8-24(20)26(25)14-22-18-9-10-19(11-18)23(22)15-26/h1-10,12-13,18-19,22-23H,11,14-15H2. The second kappa shape index (κ2) is 4.49. The molecule has 0 heterocycles. The third-order valence-corrected chi connectivity index (χ3v) is 8.10. The van der Waals surface area contributed by atoms with Crippen molar-refractivity contribution in [3.05, 3.63) is 83.9 Å². The Morgan fingerprint density at radius 1 is 0.654 bits per heavy atom. The second-order valence-corrected chi connectivity index (χ2v) is 9.06. The molecule has 126 valence electrons. The van der Waals surface area contributed by atoms with Gasteiger partial charge in [-0.25, -0.2) is 0 Å². The van der Waals surface area contributed by atoms with Gasteiger partial charge in [-0.1, -0.05) is 60.7 Å². The van der Waals surface area contributed by atoms with Gasteiger partial charge in [0.05, 0.1) is 0 Å². The van der Waals surface area contributed by atoms with Crippen LogP contribution in [0.25, 0.3) is 21.9 Å². The van der Waals surface area contributed by atoms with Crippen LogP contribution in [0.5, 0.6) is 0 Å². The number of rotatable bonds is 0. The minimum absolute atomic E-state index is 0.258. The van der Waals surface area contributed by atoms with Crippen molar-refractivity contribution in [2.75, 3.05) is 0 Å². The lowest BCUT2D eigenvalue weighted by molar-refractivity contribution is 0.364. The molecular formula is C26H22. The molecule has 0 saturated heterocycles. The van der Waals surface area contributed by atoms with Gasteiger partial charge in [-0.2, -0.15) is 0 Å². The molecule has 4 atom stereocenters. The summed E-state index contributed by atoms with van der Waals surface area (Å²) >= 11 is 0. The Hall–Kier alpha value is -2.34. The van der Waals surface area contributed by atoms with Gasteiger partial charge in [-0.15, -0.1) is 0 Å². The molecule has 0 N–H and O–H groups in total. The molecule has 0 amide bonds. The third-order valence-electron chi connectivity index (χ3n) is 8.10. The molecule has 4 aliphatic carbocycles. The van der Waals surface area contributed by atoms with Gasteiger partial charge in [0.15, 0.2) is 0 Å². The molecule has 2 fully saturated rings. The largest absolute Gasteiger partial charge is 0.0848 e. The van der Waals surface area contributed by atoms with Crippen molar-refractivity contribution in [1.82, 2.24) is 0 Å². The van der Waals surface area contributed by atoms with E-state index in [0.717, 1.165) is 23.7 Å². The van der Waals surface area contributed by atoms with Crippen LogP contribution in [0.4, 0.5) is 0 Å². The van der Waals surface area contributed by atoms with Crippen molar-refractivity contribution in [2.24, 2.45) is 23.7 Å². The fourth-order valence-corrected chi connectivity index (χ4v) is 7.10. The number of benzene rings is 3. The lowest BCUT2D eigenvalue weighted by Crippen LogP contribution is -2.23. The fraction of sp³-hybridized carbons (Fsp3) is 0.308. The number of hydrogen-bond acceptors (Lipinski definition) is 0. The molecule has 1 spiro atoms. The summed E-state index contributed by atoms with van der Waals surface area (Å²) in [6.07, 6.45) is 9.20. The van der Waals surface area contributed by atoms with Gasteiger partial charge in [0, 0.05) is 5.41 Å². The zero-order valence-corrected chi connectivity index (χ0v) is 14.9. The highest BCUT2D eigenvalue weighted by molar-refractivity contribution is 5.93. The Balaban J connectivity index is 1.51. The predicted molar refractivity (Wildman–Crippen MR) is 107 cm³/mol. The van der Waals surface area contributed by atoms with E-state index in [1.165, 1.54) is 41.2 Å². The van der Waals surface area contributed by atoms with E-state index in [-0.39, 0.29) is 5.41 Å². The van der Waals surface area contributed by atoms with Crippen LogP contribution in [-0.2, 0) is 5.41 Å². The van der Waals surface area contributed by atoms with Gasteiger partial charge >= 0.3 is 0 Å². The Morgan fingerprint density at radius 3 is 2.08 bits per heavy atom. The van der Waals surface area contributed by atoms with Gasteiger partial charge < -0.3 is 0 Å². The van der Waals surface area contributed by atoms with E-state index < -0.39 is 0 Å². The van der Waals surface area contributed by atoms with Gasteiger partial charge in [-0.3, -0.25) is 0 Å². The zero-order chi connectivity index (χ0) is 16.9. The van der Waals surface area contributed by atoms with E-state index in [1.807, 2.05) is 0 Å². The first kappa shape index (κ1) is 13.8. The summed E-state index contributed by atoms with van der Waals surface area (Å²) in [5.74, 6) is 3.49. The Kier molecular flexibility index (Phi) is 2.38. The maximum atomic E-state index is 2.53. The molecule has 0 aliphatic heterocycles. The van der Waals surface area contributed by atoms with Gasteiger partial charge in [0.25, 0.3) is 0 Å². The molecule has 26 heavy (non-hydrogen) atoms. The Morgan fingerprint density at radius 2 is 1.31 bits per heavy atom. The van der Waals surface area contributed by atoms with E-state index >= 15 is 0 Å². The normalized spacial score (nSPS) is 35.2. The lowest BCUT2D eigenvalue weighted by atomic mass is 9.74. The number of fused-ring (bicyclic) bond motifs is 11. The quantitative estimate of drug-likeness (QED) is 0.421. The number of hydrogen-bond donors (Lipinski definition) is 0. The highest BCUT2D eigenvalue weighted by atomic mass is 14.6. The van der Waals surface area contributed by atoms with Crippen LogP contribution in [0.15, 0.2) is 72.8 Å². The van der Waals surface area contributed by atoms with Crippen molar-refractivity contribution in [3.8, 4) is 11.1 Å². The maximum Gasteiger partial charge on any atom is 0.0221 e. The van der Waals surface area contributed by atoms with Crippen LogP contribution in [0.1, 0.15) is 30.4 Å². The SMILES string of the molecule is C1=CC2CC1C1CC3(CC21)c1ccccc1-c1cc2ccccc2cc13. The van der Waals surface area contributed by atoms with Crippen molar-refractivity contribution in [1.29, 1.82) is 0 Å². The third kappa shape index (κ3) is 1.49. The first-order valence-corrected chi connectivity index (χ1v) is 10.1. The lowest BCUT2D eigenvalue weighted by Gasteiger charge is -2.29. The van der Waals surface area contributed by atoms with Gasteiger partial charge in [-0.05, 0) is 88.1 Å². The molecule has 4 unspecified atom stereocenters. The predicted octanol–water partition coefficient (Wildman–Crippen LogP) is 6.34. The molecule has 0 aromatic heterocycles. The summed E-state index contributed by atoms with van der Waals surface area (Å²) < 4.78 is 0. The molecule has 4 aliphatic rings. The Labute approximate surface area is 154 Å². The smallest absolute Gasteiger partial charge is 0.0221 e. The molecule has 0 radical (unpaired) electrons. The molecule has 2 bridgehead atoms. The van der Waals surface area contributed by atoms with E-state index in [0.29, 0.717) is 0 Å². The summed E-state index contributed by atoms with van der Waals surface area (Å²) in [5, 5.41) is 2.77. The minimum atomic E-state index is 0.258. The van der Waals surface area contributed by atoms with E-state index in [9.17, 15) is 0 Å². The maximum absolute atomic E-state index is 2.53. The van der Waals surface area contributed by atoms with Crippen LogP contribution in [-0.4, -0.2) is 0 Å². The molecule has 0 heteroatoms. The second-order valence-electron chi connectivity index (χ2n) is 9.06. The summed E-state index contributed by atoms with van der Waals surface area (Å²) in [7, 11) is 0. The summed E-state index contributed by atoms with van der Waals surface area (Å²) in [4.78, 5) is 0. The van der Waals surface area contributed by atoms with E-state index in [4.69, 9.17) is 0 Å². The average molecular weight is 334 g/mol. The zero-order valence-electron chi connectivity index (χ0n) is 14.9. The number of allylic oxidation sites excluding steroid dienone is 2. The van der Waals surface area contributed by atoms with Crippen LogP contribution >= 0.6 is 0 Å². The topological polar surface area (TPSA) is 0 Å². The first-order chi connectivity index (χ1) is 12.8. The van der Waals surface area contributed by atoms with E-state index in [2.05, 4.69) is 72.8 Å². The molecule has 0 nitrogen and oxygen atoms in total. The van der Waals surface area contributed by atoms with Crippen molar-refractivity contribution < 1.29 is 0 Å². The summed E-state index contributed by atoms with van der Waals surface area (Å²) in [6, 6.07) is 23.1. The summed E-state index contributed by atoms with van der Waals surface area (Å²) in [5.41, 5.74) is 6.48. The van der Waals surface area contributed by atoms with Crippen LogP contribution in [0.2, 0.25) is 0 Å². The minimum Gasteiger partial charge on any atom is -0.0848 e. The summed E-state index contributed by atoms with van der Waals surface area (Å²) in [6.45, 7) is 0. The molecular weight excluding hydrogens is 312 g/mol. The Bertz CT molecular complexity index is 1080. The van der Waals surface area contributed by atoms with Crippen molar-refractivity contribution in [3.63, 3.8) is 0 Å². The van der Waals surface area contributed by atoms with Crippen molar-refractivity contribution in [2.45, 2.75) is 24.7 Å². The monoisotopic (exact) mass is 334 g/mol. The molecule has 3 aromatic carbocycles. The van der Waals surface area contributed by atoms with Crippen LogP contribution in [0, 0.1) is 23.7 Å². The highest BCUT2D eigenvalue weighted by Gasteiger charge is 2.58. The molecule has 2 saturated carbocycles. The van der Waals surface area contributed by atoms with Crippen LogP contribution in [0.3, 0.4) is 0 Å². The van der Waals surface area contributed by atoms with Crippen molar-refractivity contribution >= 4 is 10.8 Å². The van der Waals surface area contributed by atoms with Gasteiger partial charge in [0.2, 0.25) is 0 Å². The van der Waals surface area contributed by atoms with Crippen LogP contribution < -0.4 is 0 Å². The highest BCUT2D eigenvalue weighted by Crippen LogP contribution is 2.67. The first-order valence-electron chi connectivity index (χ1n) is 10.1. The van der Waals surface area contributed by atoms with Gasteiger partial charge in [0.1, 0.15) is 0 Å². The van der Waals surface area contributed by atoms with E-state index in [1.54, 1.807) is 11.1 Å². The molecule has 7 rings (SSSR count).